The van der Waals surface area contributed by atoms with Crippen molar-refractivity contribution in [1.29, 1.82) is 0 Å². The Balaban J connectivity index is 1.87. The maximum atomic E-state index is 12.8. The Morgan fingerprint density at radius 3 is 2.44 bits per heavy atom. The van der Waals surface area contributed by atoms with Crippen LogP contribution in [-0.2, 0) is 10.0 Å². The van der Waals surface area contributed by atoms with Crippen LogP contribution in [0.15, 0.2) is 23.1 Å². The first-order valence-electron chi connectivity index (χ1n) is 9.01. The van der Waals surface area contributed by atoms with Crippen molar-refractivity contribution in [2.24, 2.45) is 0 Å². The highest BCUT2D eigenvalue weighted by molar-refractivity contribution is 7.89. The predicted octanol–water partition coefficient (Wildman–Crippen LogP) is 2.54. The second-order valence-electron chi connectivity index (χ2n) is 6.82. The maximum absolute atomic E-state index is 12.8. The van der Waals surface area contributed by atoms with Gasteiger partial charge in [-0.15, -0.1) is 0 Å². The van der Waals surface area contributed by atoms with Gasteiger partial charge >= 0.3 is 0 Å². The van der Waals surface area contributed by atoms with E-state index in [0.717, 1.165) is 44.9 Å². The molecule has 2 fully saturated rings. The third-order valence-electron chi connectivity index (χ3n) is 5.03. The van der Waals surface area contributed by atoms with Crippen LogP contribution in [0.5, 0.6) is 5.75 Å². The van der Waals surface area contributed by atoms with Crippen molar-refractivity contribution in [3.63, 3.8) is 0 Å². The van der Waals surface area contributed by atoms with E-state index in [2.05, 4.69) is 4.72 Å². The van der Waals surface area contributed by atoms with Gasteiger partial charge in [0.15, 0.2) is 0 Å². The van der Waals surface area contributed by atoms with E-state index in [0.29, 0.717) is 24.4 Å². The van der Waals surface area contributed by atoms with Crippen LogP contribution >= 0.6 is 0 Å². The lowest BCUT2D eigenvalue weighted by molar-refractivity contribution is 0.0720. The quantitative estimate of drug-likeness (QED) is 0.869. The molecular weight excluding hydrogens is 340 g/mol. The van der Waals surface area contributed by atoms with Gasteiger partial charge in [0, 0.05) is 19.1 Å². The Morgan fingerprint density at radius 1 is 1.12 bits per heavy atom. The number of carbonyl (C=O) groups excluding carboxylic acids is 1. The molecule has 1 amide bonds. The second-order valence-corrected chi connectivity index (χ2v) is 8.53. The van der Waals surface area contributed by atoms with E-state index in [1.807, 2.05) is 0 Å². The van der Waals surface area contributed by atoms with Crippen molar-refractivity contribution in [2.75, 3.05) is 20.2 Å². The van der Waals surface area contributed by atoms with Gasteiger partial charge in [0.1, 0.15) is 5.75 Å². The highest BCUT2D eigenvalue weighted by Crippen LogP contribution is 2.26. The molecule has 1 heterocycles. The molecule has 0 bridgehead atoms. The fourth-order valence-corrected chi connectivity index (χ4v) is 4.95. The minimum atomic E-state index is -3.63. The van der Waals surface area contributed by atoms with Crippen molar-refractivity contribution in [3.05, 3.63) is 23.8 Å². The topological polar surface area (TPSA) is 75.7 Å². The average Bonchev–Trinajstić information content (AvgIpc) is 3.13. The van der Waals surface area contributed by atoms with Crippen LogP contribution in [-0.4, -0.2) is 45.5 Å². The fourth-order valence-electron chi connectivity index (χ4n) is 3.62. The summed E-state index contributed by atoms with van der Waals surface area (Å²) in [6.07, 6.45) is 6.93. The maximum Gasteiger partial charge on any atom is 0.257 e. The van der Waals surface area contributed by atoms with E-state index >= 15 is 0 Å². The molecule has 7 heteroatoms. The number of methoxy groups -OCH3 is 1. The van der Waals surface area contributed by atoms with Crippen LogP contribution in [0.1, 0.15) is 55.3 Å². The van der Waals surface area contributed by atoms with Gasteiger partial charge in [0.25, 0.3) is 5.91 Å². The van der Waals surface area contributed by atoms with E-state index in [1.165, 1.54) is 19.2 Å². The zero-order chi connectivity index (χ0) is 17.9. The lowest BCUT2D eigenvalue weighted by Crippen LogP contribution is -2.36. The summed E-state index contributed by atoms with van der Waals surface area (Å²) in [5.74, 6) is 0.254. The Morgan fingerprint density at radius 2 is 1.80 bits per heavy atom. The van der Waals surface area contributed by atoms with E-state index < -0.39 is 10.0 Å². The molecule has 0 aromatic heterocycles. The second kappa shape index (κ2) is 7.74. The van der Waals surface area contributed by atoms with Crippen molar-refractivity contribution in [2.45, 2.75) is 55.9 Å². The van der Waals surface area contributed by atoms with Crippen LogP contribution in [0, 0.1) is 0 Å². The molecular formula is C18H26N2O4S. The van der Waals surface area contributed by atoms with Crippen LogP contribution in [0.4, 0.5) is 0 Å². The number of hydrogen-bond donors (Lipinski definition) is 1. The summed E-state index contributed by atoms with van der Waals surface area (Å²) >= 11 is 0. The summed E-state index contributed by atoms with van der Waals surface area (Å²) in [6.45, 7) is 1.42. The van der Waals surface area contributed by atoms with Crippen molar-refractivity contribution in [3.8, 4) is 5.75 Å². The van der Waals surface area contributed by atoms with Crippen molar-refractivity contribution < 1.29 is 17.9 Å². The number of carbonyl (C=O) groups is 1. The summed E-state index contributed by atoms with van der Waals surface area (Å²) in [5.41, 5.74) is 0.318. The normalized spacial score (nSPS) is 19.2. The minimum Gasteiger partial charge on any atom is -0.496 e. The average molecular weight is 366 g/mol. The molecule has 1 aliphatic carbocycles. The first-order chi connectivity index (χ1) is 12.0. The standard InChI is InChI=1S/C18H26N2O4S/c1-24-17-10-9-15(25(22,23)19-14-7-3-4-8-14)13-16(17)18(21)20-11-5-2-6-12-20/h9-10,13-14,19H,2-8,11-12H2,1H3. The van der Waals surface area contributed by atoms with Gasteiger partial charge in [-0.3, -0.25) is 4.79 Å². The lowest BCUT2D eigenvalue weighted by atomic mass is 10.1. The largest absolute Gasteiger partial charge is 0.496 e. The number of hydrogen-bond acceptors (Lipinski definition) is 4. The van der Waals surface area contributed by atoms with E-state index in [-0.39, 0.29) is 16.8 Å². The SMILES string of the molecule is COc1ccc(S(=O)(=O)NC2CCCC2)cc1C(=O)N1CCCCC1. The first-order valence-corrected chi connectivity index (χ1v) is 10.5. The van der Waals surface area contributed by atoms with Gasteiger partial charge in [-0.25, -0.2) is 13.1 Å². The zero-order valence-corrected chi connectivity index (χ0v) is 15.5. The summed E-state index contributed by atoms with van der Waals surface area (Å²) < 4.78 is 33.4. The van der Waals surface area contributed by atoms with Gasteiger partial charge in [-0.05, 0) is 50.3 Å². The number of sulfonamides is 1. The Kier molecular flexibility index (Phi) is 5.64. The molecule has 1 saturated heterocycles. The highest BCUT2D eigenvalue weighted by Gasteiger charge is 2.26. The number of amides is 1. The molecule has 0 unspecified atom stereocenters. The van der Waals surface area contributed by atoms with Crippen molar-refractivity contribution >= 4 is 15.9 Å². The Hall–Kier alpha value is -1.60. The van der Waals surface area contributed by atoms with Crippen LogP contribution < -0.4 is 9.46 Å². The summed E-state index contributed by atoms with van der Waals surface area (Å²) in [7, 11) is -2.14. The highest BCUT2D eigenvalue weighted by atomic mass is 32.2. The number of likely N-dealkylation sites (tertiary alicyclic amines) is 1. The predicted molar refractivity (Wildman–Crippen MR) is 95.3 cm³/mol. The molecule has 1 aromatic rings. The van der Waals surface area contributed by atoms with Crippen LogP contribution in [0.2, 0.25) is 0 Å². The summed E-state index contributed by atoms with van der Waals surface area (Å²) in [5, 5.41) is 0. The van der Waals surface area contributed by atoms with E-state index in [9.17, 15) is 13.2 Å². The monoisotopic (exact) mass is 366 g/mol. The smallest absolute Gasteiger partial charge is 0.257 e. The summed E-state index contributed by atoms with van der Waals surface area (Å²) in [6, 6.07) is 4.52. The van der Waals surface area contributed by atoms with Gasteiger partial charge in [-0.2, -0.15) is 0 Å². The van der Waals surface area contributed by atoms with Crippen LogP contribution in [0.25, 0.3) is 0 Å². The van der Waals surface area contributed by atoms with Crippen LogP contribution in [0.3, 0.4) is 0 Å². The number of rotatable bonds is 5. The van der Waals surface area contributed by atoms with Gasteiger partial charge in [0.2, 0.25) is 10.0 Å². The first kappa shape index (κ1) is 18.2. The lowest BCUT2D eigenvalue weighted by Gasteiger charge is -2.27. The molecule has 0 radical (unpaired) electrons. The van der Waals surface area contributed by atoms with Gasteiger partial charge in [0.05, 0.1) is 17.6 Å². The third kappa shape index (κ3) is 4.15. The number of ether oxygens (including phenoxy) is 1. The fraction of sp³-hybridized carbons (Fsp3) is 0.611. The molecule has 25 heavy (non-hydrogen) atoms. The molecule has 6 nitrogen and oxygen atoms in total. The molecule has 0 atom stereocenters. The third-order valence-corrected chi connectivity index (χ3v) is 6.55. The molecule has 2 aliphatic rings. The number of nitrogens with one attached hydrogen (secondary N) is 1. The molecule has 0 spiro atoms. The summed E-state index contributed by atoms with van der Waals surface area (Å²) in [4.78, 5) is 14.7. The Labute approximate surface area is 149 Å². The molecule has 1 N–H and O–H groups in total. The molecule has 1 saturated carbocycles. The molecule has 1 aliphatic heterocycles. The molecule has 1 aromatic carbocycles. The molecule has 138 valence electrons. The van der Waals surface area contributed by atoms with Gasteiger partial charge in [-0.1, -0.05) is 12.8 Å². The van der Waals surface area contributed by atoms with Gasteiger partial charge < -0.3 is 9.64 Å². The minimum absolute atomic E-state index is 0.00616. The molecule has 3 rings (SSSR count). The van der Waals surface area contributed by atoms with E-state index in [1.54, 1.807) is 11.0 Å². The van der Waals surface area contributed by atoms with E-state index in [4.69, 9.17) is 4.74 Å². The van der Waals surface area contributed by atoms with Crippen molar-refractivity contribution in [1.82, 2.24) is 9.62 Å². The number of nitrogens with zero attached hydrogens (tertiary/aromatic N) is 1. The zero-order valence-electron chi connectivity index (χ0n) is 14.7. The number of piperidine rings is 1. The number of benzene rings is 1. The Bertz CT molecular complexity index is 721.